The van der Waals surface area contributed by atoms with Crippen LogP contribution in [-0.4, -0.2) is 44.5 Å². The van der Waals surface area contributed by atoms with Gasteiger partial charge in [0.15, 0.2) is 17.9 Å². The lowest BCUT2D eigenvalue weighted by atomic mass is 9.79. The summed E-state index contributed by atoms with van der Waals surface area (Å²) in [6.45, 7) is 0.671. The van der Waals surface area contributed by atoms with Crippen molar-refractivity contribution < 1.29 is 24.1 Å². The Hall–Kier alpha value is -2.08. The van der Waals surface area contributed by atoms with Crippen molar-refractivity contribution in [2.45, 2.75) is 25.4 Å². The molecule has 2 rings (SSSR count). The lowest BCUT2D eigenvalue weighted by Gasteiger charge is -2.29. The number of ether oxygens (including phenoxy) is 1. The molecule has 0 aromatic carbocycles. The second-order valence-electron chi connectivity index (χ2n) is 5.06. The van der Waals surface area contributed by atoms with Gasteiger partial charge in [0.25, 0.3) is 0 Å². The molecule has 0 saturated carbocycles. The molecule has 4 atom stereocenters. The second-order valence-corrected chi connectivity index (χ2v) is 5.06. The number of nitrogen functional groups attached to an aromatic ring is 1. The Bertz CT molecular complexity index is 652. The first-order valence-electron chi connectivity index (χ1n) is 6.27. The molecule has 0 bridgehead atoms. The third kappa shape index (κ3) is 2.23. The first kappa shape index (κ1) is 16.3. The van der Waals surface area contributed by atoms with E-state index in [2.05, 4.69) is 4.98 Å². The van der Waals surface area contributed by atoms with E-state index in [0.717, 1.165) is 0 Å². The third-order valence-electron chi connectivity index (χ3n) is 3.85. The quantitative estimate of drug-likeness (QED) is 0.227. The standard InChI is InChI=1S/C11H16FN5O5/c1-11(9(20)16-14)5(3-18)22-8(6(11)19)17-2-4(12)7(13)15-10(17)21/h2,5-6,8,18-19H,3,14H2,1H3,(H,16,20)(H2,13,15,21)/t5-,6-,8?,11?/m1/s1. The summed E-state index contributed by atoms with van der Waals surface area (Å²) in [5, 5.41) is 19.7. The van der Waals surface area contributed by atoms with Crippen molar-refractivity contribution in [1.82, 2.24) is 15.0 Å². The average molecular weight is 317 g/mol. The highest BCUT2D eigenvalue weighted by atomic mass is 19.1. The third-order valence-corrected chi connectivity index (χ3v) is 3.85. The number of nitrogens with one attached hydrogen (secondary N) is 1. The summed E-state index contributed by atoms with van der Waals surface area (Å²) in [5.74, 6) is 2.67. The van der Waals surface area contributed by atoms with Crippen LogP contribution in [0.3, 0.4) is 0 Å². The highest BCUT2D eigenvalue weighted by molar-refractivity contribution is 5.83. The number of carbonyl (C=O) groups is 1. The highest BCUT2D eigenvalue weighted by Gasteiger charge is 2.58. The number of rotatable bonds is 3. The van der Waals surface area contributed by atoms with E-state index in [9.17, 15) is 24.2 Å². The molecule has 2 heterocycles. The predicted molar refractivity (Wildman–Crippen MR) is 70.3 cm³/mol. The van der Waals surface area contributed by atoms with Crippen LogP contribution in [0.2, 0.25) is 0 Å². The minimum atomic E-state index is -1.65. The van der Waals surface area contributed by atoms with Gasteiger partial charge < -0.3 is 20.7 Å². The molecule has 1 aliphatic rings. The number of nitrogens with two attached hydrogens (primary N) is 2. The van der Waals surface area contributed by atoms with E-state index in [-0.39, 0.29) is 0 Å². The summed E-state index contributed by atoms with van der Waals surface area (Å²) in [7, 11) is 0. The fourth-order valence-corrected chi connectivity index (χ4v) is 2.40. The van der Waals surface area contributed by atoms with Gasteiger partial charge in [-0.05, 0) is 6.92 Å². The fraction of sp³-hybridized carbons (Fsp3) is 0.545. The lowest BCUT2D eigenvalue weighted by molar-refractivity contribution is -0.138. The highest BCUT2D eigenvalue weighted by Crippen LogP contribution is 2.43. The smallest absolute Gasteiger partial charge is 0.351 e. The fourth-order valence-electron chi connectivity index (χ4n) is 2.40. The molecule has 1 saturated heterocycles. The zero-order chi connectivity index (χ0) is 16.7. The van der Waals surface area contributed by atoms with E-state index in [1.807, 2.05) is 5.43 Å². The predicted octanol–water partition coefficient (Wildman–Crippen LogP) is -2.79. The summed E-state index contributed by atoms with van der Waals surface area (Å²) in [6.07, 6.45) is -3.48. The number of anilines is 1. The maximum Gasteiger partial charge on any atom is 0.351 e. The Kier molecular flexibility index (Phi) is 4.15. The molecular formula is C11H16FN5O5. The van der Waals surface area contributed by atoms with Crippen LogP contribution in [-0.2, 0) is 9.53 Å². The number of halogens is 1. The number of aliphatic hydroxyl groups is 2. The first-order valence-corrected chi connectivity index (χ1v) is 6.27. The molecule has 0 aliphatic carbocycles. The van der Waals surface area contributed by atoms with Gasteiger partial charge in [0.05, 0.1) is 12.8 Å². The maximum absolute atomic E-state index is 13.5. The van der Waals surface area contributed by atoms with Crippen molar-refractivity contribution in [1.29, 1.82) is 0 Å². The van der Waals surface area contributed by atoms with Gasteiger partial charge in [0, 0.05) is 0 Å². The summed E-state index contributed by atoms with van der Waals surface area (Å²) in [4.78, 5) is 27.0. The van der Waals surface area contributed by atoms with Gasteiger partial charge in [0.2, 0.25) is 5.91 Å². The van der Waals surface area contributed by atoms with Crippen molar-refractivity contribution in [2.75, 3.05) is 12.3 Å². The molecule has 10 nitrogen and oxygen atoms in total. The Balaban J connectivity index is 2.49. The van der Waals surface area contributed by atoms with Crippen LogP contribution < -0.4 is 22.7 Å². The Morgan fingerprint density at radius 3 is 2.86 bits per heavy atom. The number of aliphatic hydroxyl groups excluding tert-OH is 2. The van der Waals surface area contributed by atoms with Crippen molar-refractivity contribution in [2.24, 2.45) is 11.3 Å². The number of amides is 1. The molecule has 1 aliphatic heterocycles. The van der Waals surface area contributed by atoms with E-state index in [0.29, 0.717) is 10.8 Å². The Morgan fingerprint density at radius 1 is 1.68 bits per heavy atom. The minimum absolute atomic E-state index is 0.602. The summed E-state index contributed by atoms with van der Waals surface area (Å²) < 4.78 is 19.5. The van der Waals surface area contributed by atoms with Crippen molar-refractivity contribution in [3.63, 3.8) is 0 Å². The second kappa shape index (κ2) is 5.61. The van der Waals surface area contributed by atoms with Crippen LogP contribution in [0, 0.1) is 11.2 Å². The van der Waals surface area contributed by atoms with Gasteiger partial charge in [-0.15, -0.1) is 0 Å². The van der Waals surface area contributed by atoms with Crippen LogP contribution in [0.25, 0.3) is 0 Å². The molecule has 2 unspecified atom stereocenters. The molecule has 1 aromatic rings. The van der Waals surface area contributed by atoms with Crippen molar-refractivity contribution in [3.8, 4) is 0 Å². The molecule has 1 amide bonds. The molecular weight excluding hydrogens is 301 g/mol. The van der Waals surface area contributed by atoms with Gasteiger partial charge >= 0.3 is 5.69 Å². The van der Waals surface area contributed by atoms with E-state index >= 15 is 0 Å². The zero-order valence-electron chi connectivity index (χ0n) is 11.6. The number of hydrogen-bond acceptors (Lipinski definition) is 8. The van der Waals surface area contributed by atoms with E-state index < -0.39 is 53.7 Å². The molecule has 11 heteroatoms. The maximum atomic E-state index is 13.5. The number of aromatic nitrogens is 2. The summed E-state index contributed by atoms with van der Waals surface area (Å²) >= 11 is 0. The summed E-state index contributed by atoms with van der Waals surface area (Å²) in [5.41, 5.74) is 4.42. The Morgan fingerprint density at radius 2 is 2.32 bits per heavy atom. The van der Waals surface area contributed by atoms with Gasteiger partial charge in [-0.3, -0.25) is 14.8 Å². The molecule has 22 heavy (non-hydrogen) atoms. The van der Waals surface area contributed by atoms with Gasteiger partial charge in [-0.25, -0.2) is 15.0 Å². The monoisotopic (exact) mass is 317 g/mol. The first-order chi connectivity index (χ1) is 10.3. The molecule has 122 valence electrons. The molecule has 1 fully saturated rings. The van der Waals surface area contributed by atoms with E-state index in [1.54, 1.807) is 0 Å². The number of hydrogen-bond donors (Lipinski definition) is 5. The minimum Gasteiger partial charge on any atom is -0.394 e. The SMILES string of the molecule is CC1(C(=O)NN)[C@H](O)C(n2cc(F)c(N)nc2=O)O[C@@H]1CO. The van der Waals surface area contributed by atoms with E-state index in [1.165, 1.54) is 6.92 Å². The number of nitrogens with zero attached hydrogens (tertiary/aromatic N) is 2. The number of carbonyl (C=O) groups excluding carboxylic acids is 1. The zero-order valence-corrected chi connectivity index (χ0v) is 11.6. The van der Waals surface area contributed by atoms with Crippen LogP contribution >= 0.6 is 0 Å². The topological polar surface area (TPSA) is 166 Å². The summed E-state index contributed by atoms with van der Waals surface area (Å²) in [6, 6.07) is 0. The van der Waals surface area contributed by atoms with Crippen LogP contribution in [0.4, 0.5) is 10.2 Å². The largest absolute Gasteiger partial charge is 0.394 e. The molecule has 0 spiro atoms. The average Bonchev–Trinajstić information content (AvgIpc) is 2.75. The van der Waals surface area contributed by atoms with Crippen molar-refractivity contribution >= 4 is 11.7 Å². The van der Waals surface area contributed by atoms with Gasteiger partial charge in [-0.2, -0.15) is 4.98 Å². The van der Waals surface area contributed by atoms with Gasteiger partial charge in [0.1, 0.15) is 17.6 Å². The Labute approximate surface area is 123 Å². The lowest BCUT2D eigenvalue weighted by Crippen LogP contribution is -2.53. The van der Waals surface area contributed by atoms with Crippen LogP contribution in [0.5, 0.6) is 0 Å². The molecule has 7 N–H and O–H groups in total. The van der Waals surface area contributed by atoms with Gasteiger partial charge in [-0.1, -0.05) is 0 Å². The van der Waals surface area contributed by atoms with Crippen LogP contribution in [0.15, 0.2) is 11.0 Å². The normalized spacial score (nSPS) is 31.2. The van der Waals surface area contributed by atoms with Crippen molar-refractivity contribution in [3.05, 3.63) is 22.5 Å². The molecule has 1 aromatic heterocycles. The van der Waals surface area contributed by atoms with E-state index in [4.69, 9.17) is 16.3 Å². The van der Waals surface area contributed by atoms with Crippen LogP contribution in [0.1, 0.15) is 13.2 Å². The molecule has 0 radical (unpaired) electrons. The number of hydrazine groups is 1.